The van der Waals surface area contributed by atoms with Gasteiger partial charge in [0.05, 0.1) is 12.1 Å². The first-order valence-corrected chi connectivity index (χ1v) is 6.44. The first-order valence-electron chi connectivity index (χ1n) is 5.00. The summed E-state index contributed by atoms with van der Waals surface area (Å²) < 4.78 is 24.6. The topological polar surface area (TPSA) is 91.8 Å². The summed E-state index contributed by atoms with van der Waals surface area (Å²) in [5, 5.41) is 8.42. The number of fused-ring (bicyclic) bond motifs is 1. The maximum Gasteiger partial charge on any atom is 0.328 e. The van der Waals surface area contributed by atoms with Crippen molar-refractivity contribution in [1.29, 1.82) is 0 Å². The van der Waals surface area contributed by atoms with Gasteiger partial charge in [0.1, 0.15) is 4.90 Å². The predicted molar refractivity (Wildman–Crippen MR) is 61.4 cm³/mol. The Balaban J connectivity index is 2.37. The van der Waals surface area contributed by atoms with Gasteiger partial charge in [-0.2, -0.15) is 0 Å². The molecule has 0 unspecified atom stereocenters. The van der Waals surface area contributed by atoms with Gasteiger partial charge in [0.25, 0.3) is 15.9 Å². The first-order chi connectivity index (χ1) is 8.44. The summed E-state index contributed by atoms with van der Waals surface area (Å²) in [7, 11) is -3.85. The van der Waals surface area contributed by atoms with Crippen LogP contribution in [-0.2, 0) is 14.8 Å². The lowest BCUT2D eigenvalue weighted by molar-refractivity contribution is -0.131. The molecule has 0 saturated heterocycles. The molecule has 0 aromatic heterocycles. The lowest BCUT2D eigenvalue weighted by Crippen LogP contribution is -2.30. The molecule has 1 heterocycles. The van der Waals surface area contributed by atoms with Crippen LogP contribution in [0.5, 0.6) is 0 Å². The zero-order chi connectivity index (χ0) is 13.3. The highest BCUT2D eigenvalue weighted by atomic mass is 32.2. The standard InChI is InChI=1S/C11H9NO5S/c13-10(14)6-3-7-12-11(15)8-4-1-2-5-9(8)18(12,16)17/h1-6H,7H2,(H,13,14)/b6-3+. The molecular weight excluding hydrogens is 258 g/mol. The zero-order valence-corrected chi connectivity index (χ0v) is 9.92. The van der Waals surface area contributed by atoms with Crippen molar-refractivity contribution >= 4 is 21.9 Å². The summed E-state index contributed by atoms with van der Waals surface area (Å²) >= 11 is 0. The third-order valence-electron chi connectivity index (χ3n) is 2.44. The number of hydrogen-bond acceptors (Lipinski definition) is 4. The number of benzene rings is 1. The number of aliphatic carboxylic acids is 1. The van der Waals surface area contributed by atoms with Crippen LogP contribution in [0.15, 0.2) is 41.3 Å². The van der Waals surface area contributed by atoms with Crippen molar-refractivity contribution in [3.63, 3.8) is 0 Å². The molecule has 0 bridgehead atoms. The molecule has 1 aliphatic heterocycles. The Morgan fingerprint density at radius 3 is 2.61 bits per heavy atom. The molecule has 6 nitrogen and oxygen atoms in total. The molecule has 1 amide bonds. The van der Waals surface area contributed by atoms with Crippen molar-refractivity contribution in [1.82, 2.24) is 4.31 Å². The number of hydrogen-bond donors (Lipinski definition) is 1. The van der Waals surface area contributed by atoms with Crippen molar-refractivity contribution < 1.29 is 23.1 Å². The summed E-state index contributed by atoms with van der Waals surface area (Å²) in [5.74, 6) is -1.84. The third kappa shape index (κ3) is 1.88. The average molecular weight is 267 g/mol. The average Bonchev–Trinajstić information content (AvgIpc) is 2.50. The maximum atomic E-state index is 12.0. The van der Waals surface area contributed by atoms with E-state index in [0.717, 1.165) is 12.2 Å². The number of rotatable bonds is 3. The summed E-state index contributed by atoms with van der Waals surface area (Å²) in [6.07, 6.45) is 1.91. The van der Waals surface area contributed by atoms with Gasteiger partial charge in [-0.25, -0.2) is 17.5 Å². The van der Waals surface area contributed by atoms with Crippen LogP contribution in [0.3, 0.4) is 0 Å². The molecule has 94 valence electrons. The van der Waals surface area contributed by atoms with E-state index in [1.807, 2.05) is 0 Å². The van der Waals surface area contributed by atoms with Gasteiger partial charge < -0.3 is 5.11 Å². The van der Waals surface area contributed by atoms with E-state index < -0.39 is 21.9 Å². The lowest BCUT2D eigenvalue weighted by Gasteiger charge is -2.11. The van der Waals surface area contributed by atoms with Gasteiger partial charge in [-0.1, -0.05) is 18.2 Å². The predicted octanol–water partition coefficient (Wildman–Crippen LogP) is 0.472. The molecule has 7 heteroatoms. The molecular formula is C11H9NO5S. The van der Waals surface area contributed by atoms with Crippen LogP contribution in [0.2, 0.25) is 0 Å². The zero-order valence-electron chi connectivity index (χ0n) is 9.11. The smallest absolute Gasteiger partial charge is 0.328 e. The van der Waals surface area contributed by atoms with Crippen LogP contribution in [0.25, 0.3) is 0 Å². The minimum Gasteiger partial charge on any atom is -0.478 e. The summed E-state index contributed by atoms with van der Waals surface area (Å²) in [5.41, 5.74) is 0.112. The van der Waals surface area contributed by atoms with Gasteiger partial charge in [-0.15, -0.1) is 0 Å². The fourth-order valence-electron chi connectivity index (χ4n) is 1.66. The van der Waals surface area contributed by atoms with Crippen molar-refractivity contribution in [2.45, 2.75) is 4.90 Å². The number of amides is 1. The van der Waals surface area contributed by atoms with E-state index in [1.165, 1.54) is 18.2 Å². The van der Waals surface area contributed by atoms with E-state index in [4.69, 9.17) is 5.11 Å². The SMILES string of the molecule is O=C(O)/C=C/CN1C(=O)c2ccccc2S1(=O)=O. The Morgan fingerprint density at radius 2 is 2.00 bits per heavy atom. The molecule has 0 radical (unpaired) electrons. The normalized spacial score (nSPS) is 17.1. The molecule has 1 aliphatic rings. The second-order valence-corrected chi connectivity index (χ2v) is 5.41. The molecule has 0 atom stereocenters. The molecule has 0 aliphatic carbocycles. The third-order valence-corrected chi connectivity index (χ3v) is 4.25. The van der Waals surface area contributed by atoms with Gasteiger partial charge in [0, 0.05) is 6.08 Å². The number of carboxylic acids is 1. The molecule has 0 saturated carbocycles. The number of carboxylic acid groups (broad SMARTS) is 1. The monoisotopic (exact) mass is 267 g/mol. The minimum atomic E-state index is -3.85. The fraction of sp³-hybridized carbons (Fsp3) is 0.0909. The van der Waals surface area contributed by atoms with Crippen LogP contribution in [0.1, 0.15) is 10.4 Å². The molecule has 1 aromatic rings. The molecule has 1 aromatic carbocycles. The van der Waals surface area contributed by atoms with Gasteiger partial charge in [-0.05, 0) is 12.1 Å². The van der Waals surface area contributed by atoms with Gasteiger partial charge >= 0.3 is 5.97 Å². The van der Waals surface area contributed by atoms with E-state index >= 15 is 0 Å². The van der Waals surface area contributed by atoms with Crippen LogP contribution < -0.4 is 0 Å². The second kappa shape index (κ2) is 4.26. The van der Waals surface area contributed by atoms with Crippen molar-refractivity contribution in [2.75, 3.05) is 6.54 Å². The van der Waals surface area contributed by atoms with Gasteiger partial charge in [0.15, 0.2) is 0 Å². The maximum absolute atomic E-state index is 12.0. The van der Waals surface area contributed by atoms with E-state index in [0.29, 0.717) is 4.31 Å². The van der Waals surface area contributed by atoms with E-state index in [-0.39, 0.29) is 17.0 Å². The largest absolute Gasteiger partial charge is 0.478 e. The Hall–Kier alpha value is -2.15. The number of carbonyl (C=O) groups is 2. The molecule has 1 N–H and O–H groups in total. The van der Waals surface area contributed by atoms with Crippen LogP contribution >= 0.6 is 0 Å². The highest BCUT2D eigenvalue weighted by Crippen LogP contribution is 2.29. The Morgan fingerprint density at radius 1 is 1.33 bits per heavy atom. The van der Waals surface area contributed by atoms with Crippen LogP contribution in [0, 0.1) is 0 Å². The fourth-order valence-corrected chi connectivity index (χ4v) is 3.18. The molecule has 0 fully saturated rings. The highest BCUT2D eigenvalue weighted by molar-refractivity contribution is 7.90. The quantitative estimate of drug-likeness (QED) is 0.804. The summed E-state index contributed by atoms with van der Waals surface area (Å²) in [4.78, 5) is 22.1. The van der Waals surface area contributed by atoms with Gasteiger partial charge in [-0.3, -0.25) is 4.79 Å². The van der Waals surface area contributed by atoms with E-state index in [9.17, 15) is 18.0 Å². The second-order valence-electron chi connectivity index (χ2n) is 3.58. The molecule has 18 heavy (non-hydrogen) atoms. The van der Waals surface area contributed by atoms with Gasteiger partial charge in [0.2, 0.25) is 0 Å². The minimum absolute atomic E-state index is 0.0428. The molecule has 2 rings (SSSR count). The number of nitrogens with zero attached hydrogens (tertiary/aromatic N) is 1. The van der Waals surface area contributed by atoms with Crippen molar-refractivity contribution in [3.8, 4) is 0 Å². The first kappa shape index (κ1) is 12.3. The van der Waals surface area contributed by atoms with E-state index in [1.54, 1.807) is 6.07 Å². The highest BCUT2D eigenvalue weighted by Gasteiger charge is 2.39. The number of sulfonamides is 1. The lowest BCUT2D eigenvalue weighted by atomic mass is 10.2. The Kier molecular flexibility index (Phi) is 2.92. The Labute approximate surface area is 103 Å². The van der Waals surface area contributed by atoms with E-state index in [2.05, 4.69) is 0 Å². The van der Waals surface area contributed by atoms with Crippen LogP contribution in [0.4, 0.5) is 0 Å². The van der Waals surface area contributed by atoms with Crippen LogP contribution in [-0.4, -0.2) is 36.3 Å². The van der Waals surface area contributed by atoms with Crippen molar-refractivity contribution in [2.24, 2.45) is 0 Å². The molecule has 0 spiro atoms. The van der Waals surface area contributed by atoms with Crippen molar-refractivity contribution in [3.05, 3.63) is 42.0 Å². The Bertz CT molecular complexity index is 647. The number of carbonyl (C=O) groups excluding carboxylic acids is 1. The summed E-state index contributed by atoms with van der Waals surface area (Å²) in [6.45, 7) is -0.290. The summed E-state index contributed by atoms with van der Waals surface area (Å²) in [6, 6.07) is 5.88.